The summed E-state index contributed by atoms with van der Waals surface area (Å²) in [6, 6.07) is 30.7. The molecule has 6 aromatic rings. The number of aryl methyl sites for hydroxylation is 2. The lowest BCUT2D eigenvalue weighted by Gasteiger charge is -2.46. The zero-order valence-electron chi connectivity index (χ0n) is 26.5. The van der Waals surface area contributed by atoms with Crippen LogP contribution in [0.25, 0.3) is 21.5 Å². The minimum absolute atomic E-state index is 0.0156. The number of hydrogen-bond donors (Lipinski definition) is 0. The Labute approximate surface area is 269 Å². The lowest BCUT2D eigenvalue weighted by molar-refractivity contribution is -0.0888. The standard InChI is InChI=1S/C36H40N10/c1-25-37-41-45(39-25)35(31-17-15-27-9-3-5-11-29(27)21-31)33-13-7-19-43(23-33)44-20-8-14-34(24-44)36(46-40-26(2)38-42-46)32-18-16-28-10-4-6-12-30(28)22-32/h3-6,9-12,15-18,21-22,33-36H,7-8,13-14,19-20,23-24H2,1-2H3/t33-,34-,35?,36?/m1/s1. The van der Waals surface area contributed by atoms with Gasteiger partial charge in [-0.05, 0) is 94.8 Å². The highest BCUT2D eigenvalue weighted by Crippen LogP contribution is 2.37. The molecule has 0 amide bonds. The predicted molar refractivity (Wildman–Crippen MR) is 178 cm³/mol. The Hall–Kier alpha value is -4.54. The molecule has 8 rings (SSSR count). The molecule has 10 nitrogen and oxygen atoms in total. The molecule has 10 heteroatoms. The van der Waals surface area contributed by atoms with Gasteiger partial charge in [0, 0.05) is 38.0 Å². The van der Waals surface area contributed by atoms with Crippen LogP contribution >= 0.6 is 0 Å². The molecule has 2 saturated heterocycles. The van der Waals surface area contributed by atoms with Crippen LogP contribution in [0.3, 0.4) is 0 Å². The molecule has 4 heterocycles. The third-order valence-electron chi connectivity index (χ3n) is 9.95. The van der Waals surface area contributed by atoms with Crippen LogP contribution in [0.15, 0.2) is 84.9 Å². The van der Waals surface area contributed by atoms with Gasteiger partial charge in [0.25, 0.3) is 0 Å². The van der Waals surface area contributed by atoms with E-state index in [2.05, 4.69) is 116 Å². The Morgan fingerprint density at radius 3 is 1.41 bits per heavy atom. The van der Waals surface area contributed by atoms with Crippen LogP contribution in [-0.2, 0) is 0 Å². The van der Waals surface area contributed by atoms with Crippen molar-refractivity contribution in [3.8, 4) is 0 Å². The van der Waals surface area contributed by atoms with E-state index in [1.165, 1.54) is 32.7 Å². The lowest BCUT2D eigenvalue weighted by Crippen LogP contribution is -2.53. The van der Waals surface area contributed by atoms with Crippen molar-refractivity contribution < 1.29 is 0 Å². The average Bonchev–Trinajstić information content (AvgIpc) is 3.72. The van der Waals surface area contributed by atoms with Gasteiger partial charge in [0.1, 0.15) is 12.1 Å². The zero-order valence-corrected chi connectivity index (χ0v) is 26.5. The summed E-state index contributed by atoms with van der Waals surface area (Å²) in [7, 11) is 0. The maximum atomic E-state index is 4.75. The number of piperidine rings is 2. The van der Waals surface area contributed by atoms with E-state index in [1.807, 2.05) is 23.4 Å². The molecule has 0 bridgehead atoms. The molecule has 46 heavy (non-hydrogen) atoms. The first-order valence-electron chi connectivity index (χ1n) is 16.6. The van der Waals surface area contributed by atoms with Crippen molar-refractivity contribution in [1.29, 1.82) is 0 Å². The molecular weight excluding hydrogens is 572 g/mol. The Morgan fingerprint density at radius 2 is 1.00 bits per heavy atom. The summed E-state index contributed by atoms with van der Waals surface area (Å²) in [4.78, 5) is 3.72. The predicted octanol–water partition coefficient (Wildman–Crippen LogP) is 5.80. The quantitative estimate of drug-likeness (QED) is 0.223. The second kappa shape index (κ2) is 12.3. The maximum Gasteiger partial charge on any atom is 0.171 e. The molecule has 0 N–H and O–H groups in total. The van der Waals surface area contributed by atoms with E-state index in [1.54, 1.807) is 0 Å². The van der Waals surface area contributed by atoms with Gasteiger partial charge >= 0.3 is 0 Å². The fourth-order valence-electron chi connectivity index (χ4n) is 7.81. The van der Waals surface area contributed by atoms with Crippen molar-refractivity contribution in [1.82, 2.24) is 50.4 Å². The van der Waals surface area contributed by atoms with Crippen molar-refractivity contribution in [3.63, 3.8) is 0 Å². The molecule has 0 saturated carbocycles. The van der Waals surface area contributed by atoms with Crippen molar-refractivity contribution in [3.05, 3.63) is 108 Å². The number of hydrogen-bond acceptors (Lipinski definition) is 8. The zero-order chi connectivity index (χ0) is 31.0. The molecule has 4 atom stereocenters. The SMILES string of the molecule is Cc1nnn(C(c2ccc3ccccc3c2)[C@@H]2CCCN(N3CCC[C@@H](C(c4ccc5ccccc5c4)n4nnc(C)n4)C3)C2)n1. The summed E-state index contributed by atoms with van der Waals surface area (Å²) >= 11 is 0. The summed E-state index contributed by atoms with van der Waals surface area (Å²) in [5.41, 5.74) is 2.48. The maximum absolute atomic E-state index is 4.75. The van der Waals surface area contributed by atoms with Gasteiger partial charge in [-0.2, -0.15) is 9.59 Å². The molecule has 234 valence electrons. The highest BCUT2D eigenvalue weighted by molar-refractivity contribution is 5.83. The molecule has 2 aliphatic heterocycles. The van der Waals surface area contributed by atoms with E-state index >= 15 is 0 Å². The average molecular weight is 613 g/mol. The smallest absolute Gasteiger partial charge is 0.171 e. The van der Waals surface area contributed by atoms with Gasteiger partial charge in [-0.25, -0.2) is 10.0 Å². The van der Waals surface area contributed by atoms with Gasteiger partial charge in [-0.15, -0.1) is 20.4 Å². The summed E-state index contributed by atoms with van der Waals surface area (Å²) < 4.78 is 0. The Kier molecular flexibility index (Phi) is 7.75. The van der Waals surface area contributed by atoms with E-state index in [4.69, 9.17) is 10.2 Å². The van der Waals surface area contributed by atoms with Gasteiger partial charge in [-0.1, -0.05) is 72.8 Å². The summed E-state index contributed by atoms with van der Waals surface area (Å²) in [5.74, 6) is 2.10. The first-order chi connectivity index (χ1) is 22.6. The van der Waals surface area contributed by atoms with Crippen LogP contribution in [-0.4, -0.2) is 76.6 Å². The van der Waals surface area contributed by atoms with E-state index in [0.29, 0.717) is 23.5 Å². The van der Waals surface area contributed by atoms with Gasteiger partial charge in [0.15, 0.2) is 11.6 Å². The second-order valence-corrected chi connectivity index (χ2v) is 13.0. The van der Waals surface area contributed by atoms with E-state index in [-0.39, 0.29) is 12.1 Å². The first-order valence-corrected chi connectivity index (χ1v) is 16.6. The Bertz CT molecular complexity index is 1820. The topological polar surface area (TPSA) is 93.7 Å². The Balaban J connectivity index is 1.08. The normalized spacial score (nSPS) is 21.1. The molecule has 2 fully saturated rings. The fourth-order valence-corrected chi connectivity index (χ4v) is 7.81. The van der Waals surface area contributed by atoms with Crippen LogP contribution in [0.2, 0.25) is 0 Å². The van der Waals surface area contributed by atoms with Gasteiger partial charge in [-0.3, -0.25) is 0 Å². The second-order valence-electron chi connectivity index (χ2n) is 13.0. The van der Waals surface area contributed by atoms with Gasteiger partial charge < -0.3 is 0 Å². The van der Waals surface area contributed by atoms with E-state index in [0.717, 1.165) is 51.9 Å². The van der Waals surface area contributed by atoms with Crippen LogP contribution in [0.1, 0.15) is 60.5 Å². The number of benzene rings is 4. The molecule has 0 radical (unpaired) electrons. The summed E-state index contributed by atoms with van der Waals surface area (Å²) in [6.07, 6.45) is 4.49. The molecule has 2 unspecified atom stereocenters. The van der Waals surface area contributed by atoms with Crippen LogP contribution in [0.5, 0.6) is 0 Å². The molecule has 0 spiro atoms. The number of hydrazine groups is 1. The monoisotopic (exact) mass is 612 g/mol. The van der Waals surface area contributed by atoms with Crippen LogP contribution in [0, 0.1) is 25.7 Å². The molecular formula is C36H40N10. The van der Waals surface area contributed by atoms with Gasteiger partial charge in [0.2, 0.25) is 0 Å². The molecule has 4 aromatic carbocycles. The van der Waals surface area contributed by atoms with E-state index in [9.17, 15) is 0 Å². The van der Waals surface area contributed by atoms with Crippen molar-refractivity contribution in [2.24, 2.45) is 11.8 Å². The number of fused-ring (bicyclic) bond motifs is 2. The molecule has 0 aliphatic carbocycles. The molecule has 2 aromatic heterocycles. The van der Waals surface area contributed by atoms with Crippen molar-refractivity contribution >= 4 is 21.5 Å². The minimum Gasteiger partial charge on any atom is -0.241 e. The van der Waals surface area contributed by atoms with Gasteiger partial charge in [0.05, 0.1) is 0 Å². The largest absolute Gasteiger partial charge is 0.241 e. The number of nitrogens with zero attached hydrogens (tertiary/aromatic N) is 10. The highest BCUT2D eigenvalue weighted by Gasteiger charge is 2.37. The third-order valence-corrected chi connectivity index (χ3v) is 9.95. The van der Waals surface area contributed by atoms with Crippen molar-refractivity contribution in [2.45, 2.75) is 51.6 Å². The molecule has 2 aliphatic rings. The third kappa shape index (κ3) is 5.67. The summed E-state index contributed by atoms with van der Waals surface area (Å²) in [6.45, 7) is 7.84. The fraction of sp³-hybridized carbons (Fsp3) is 0.389. The first kappa shape index (κ1) is 28.9. The van der Waals surface area contributed by atoms with Crippen LogP contribution < -0.4 is 0 Å². The van der Waals surface area contributed by atoms with Crippen molar-refractivity contribution in [2.75, 3.05) is 26.2 Å². The number of tetrazole rings is 2. The van der Waals surface area contributed by atoms with E-state index < -0.39 is 0 Å². The minimum atomic E-state index is 0.0156. The highest BCUT2D eigenvalue weighted by atomic mass is 15.6. The number of aromatic nitrogens is 8. The summed E-state index contributed by atoms with van der Waals surface area (Å²) in [5, 5.41) is 37.3. The lowest BCUT2D eigenvalue weighted by atomic mass is 9.85. The van der Waals surface area contributed by atoms with Crippen LogP contribution in [0.4, 0.5) is 0 Å². The Morgan fingerprint density at radius 1 is 0.565 bits per heavy atom. The number of rotatable bonds is 7.